The van der Waals surface area contributed by atoms with Gasteiger partial charge in [0.15, 0.2) is 0 Å². The number of hydrogen-bond donors (Lipinski definition) is 1. The fourth-order valence-corrected chi connectivity index (χ4v) is 3.39. The second kappa shape index (κ2) is 6.66. The average molecular weight is 337 g/mol. The summed E-state index contributed by atoms with van der Waals surface area (Å²) in [6, 6.07) is 15.1. The van der Waals surface area contributed by atoms with Gasteiger partial charge in [-0.1, -0.05) is 30.3 Å². The van der Waals surface area contributed by atoms with E-state index in [1.54, 1.807) is 18.2 Å². The second-order valence-electron chi connectivity index (χ2n) is 6.22. The van der Waals surface area contributed by atoms with Crippen molar-refractivity contribution in [2.24, 2.45) is 0 Å². The van der Waals surface area contributed by atoms with Gasteiger partial charge in [-0.05, 0) is 11.6 Å². The molecule has 1 aliphatic rings. The molecular weight excluding hydrogens is 318 g/mol. The van der Waals surface area contributed by atoms with Crippen LogP contribution in [0.1, 0.15) is 5.69 Å². The van der Waals surface area contributed by atoms with E-state index in [9.17, 15) is 10.1 Å². The minimum atomic E-state index is -0.344. The van der Waals surface area contributed by atoms with Gasteiger partial charge in [-0.2, -0.15) is 0 Å². The third-order valence-electron chi connectivity index (χ3n) is 4.62. The first-order valence-corrected chi connectivity index (χ1v) is 8.37. The molecule has 0 spiro atoms. The number of hydrogen-bond acceptors (Lipinski definition) is 4. The molecule has 1 N–H and O–H groups in total. The molecule has 4 rings (SSSR count). The maximum Gasteiger partial charge on any atom is 0.270 e. The van der Waals surface area contributed by atoms with E-state index in [0.29, 0.717) is 0 Å². The molecular formula is C19H19N3O3. The van der Waals surface area contributed by atoms with Crippen molar-refractivity contribution in [1.82, 2.24) is 9.88 Å². The maximum absolute atomic E-state index is 11.2. The van der Waals surface area contributed by atoms with Crippen LogP contribution >= 0.6 is 0 Å². The zero-order chi connectivity index (χ0) is 17.2. The molecule has 1 fully saturated rings. The summed E-state index contributed by atoms with van der Waals surface area (Å²) in [6.45, 7) is 4.04. The summed E-state index contributed by atoms with van der Waals surface area (Å²) >= 11 is 0. The highest BCUT2D eigenvalue weighted by Gasteiger charge is 2.19. The molecule has 1 aliphatic heterocycles. The first kappa shape index (κ1) is 15.8. The zero-order valence-corrected chi connectivity index (χ0v) is 13.8. The number of aromatic nitrogens is 1. The number of rotatable bonds is 4. The van der Waals surface area contributed by atoms with E-state index < -0.39 is 0 Å². The summed E-state index contributed by atoms with van der Waals surface area (Å²) < 4.78 is 5.43. The van der Waals surface area contributed by atoms with E-state index >= 15 is 0 Å². The molecule has 1 aromatic heterocycles. The molecule has 0 atom stereocenters. The largest absolute Gasteiger partial charge is 0.379 e. The molecule has 6 heteroatoms. The summed E-state index contributed by atoms with van der Waals surface area (Å²) in [5.74, 6) is 0. The fraction of sp³-hybridized carbons (Fsp3) is 0.263. The van der Waals surface area contributed by atoms with Crippen LogP contribution in [0.25, 0.3) is 22.0 Å². The van der Waals surface area contributed by atoms with Crippen LogP contribution in [0.4, 0.5) is 5.69 Å². The van der Waals surface area contributed by atoms with Crippen LogP contribution in [0.2, 0.25) is 0 Å². The van der Waals surface area contributed by atoms with E-state index in [4.69, 9.17) is 4.74 Å². The number of morpholine rings is 1. The number of nitro benzene ring substituents is 1. The first-order valence-electron chi connectivity index (χ1n) is 8.37. The molecule has 0 radical (unpaired) electrons. The van der Waals surface area contributed by atoms with Gasteiger partial charge in [-0.3, -0.25) is 15.0 Å². The predicted octanol–water partition coefficient (Wildman–Crippen LogP) is 3.58. The fourth-order valence-electron chi connectivity index (χ4n) is 3.39. The molecule has 1 saturated heterocycles. The molecule has 2 aromatic carbocycles. The van der Waals surface area contributed by atoms with Crippen LogP contribution in [0.3, 0.4) is 0 Å². The summed E-state index contributed by atoms with van der Waals surface area (Å²) in [7, 11) is 0. The Morgan fingerprint density at radius 3 is 2.60 bits per heavy atom. The number of nitrogens with zero attached hydrogens (tertiary/aromatic N) is 2. The molecule has 2 heterocycles. The Balaban J connectivity index is 1.84. The van der Waals surface area contributed by atoms with Crippen LogP contribution in [0.5, 0.6) is 0 Å². The van der Waals surface area contributed by atoms with Crippen molar-refractivity contribution >= 4 is 16.6 Å². The minimum Gasteiger partial charge on any atom is -0.379 e. The van der Waals surface area contributed by atoms with Crippen LogP contribution in [0.15, 0.2) is 48.5 Å². The summed E-state index contributed by atoms with van der Waals surface area (Å²) in [5, 5.41) is 12.1. The second-order valence-corrected chi connectivity index (χ2v) is 6.22. The number of H-pyrrole nitrogens is 1. The van der Waals surface area contributed by atoms with Crippen molar-refractivity contribution in [1.29, 1.82) is 0 Å². The Labute approximate surface area is 145 Å². The van der Waals surface area contributed by atoms with E-state index in [0.717, 1.165) is 60.6 Å². The van der Waals surface area contributed by atoms with Gasteiger partial charge in [0, 0.05) is 53.9 Å². The lowest BCUT2D eigenvalue weighted by Gasteiger charge is -2.26. The van der Waals surface area contributed by atoms with E-state index in [2.05, 4.69) is 9.88 Å². The van der Waals surface area contributed by atoms with E-state index in [-0.39, 0.29) is 10.6 Å². The third-order valence-corrected chi connectivity index (χ3v) is 4.62. The van der Waals surface area contributed by atoms with Crippen LogP contribution < -0.4 is 0 Å². The lowest BCUT2D eigenvalue weighted by molar-refractivity contribution is -0.384. The topological polar surface area (TPSA) is 71.4 Å². The van der Waals surface area contributed by atoms with Crippen molar-refractivity contribution in [3.63, 3.8) is 0 Å². The van der Waals surface area contributed by atoms with Gasteiger partial charge in [0.1, 0.15) is 0 Å². The summed E-state index contributed by atoms with van der Waals surface area (Å²) in [6.07, 6.45) is 0. The van der Waals surface area contributed by atoms with Gasteiger partial charge >= 0.3 is 0 Å². The normalized spacial score (nSPS) is 15.5. The Morgan fingerprint density at radius 1 is 1.12 bits per heavy atom. The Morgan fingerprint density at radius 2 is 1.88 bits per heavy atom. The van der Waals surface area contributed by atoms with Gasteiger partial charge in [-0.15, -0.1) is 0 Å². The monoisotopic (exact) mass is 337 g/mol. The van der Waals surface area contributed by atoms with E-state index in [1.165, 1.54) is 0 Å². The van der Waals surface area contributed by atoms with Gasteiger partial charge in [0.25, 0.3) is 5.69 Å². The Hall–Kier alpha value is -2.70. The Bertz CT molecular complexity index is 899. The van der Waals surface area contributed by atoms with Gasteiger partial charge in [0.05, 0.1) is 18.1 Å². The molecule has 0 amide bonds. The highest BCUT2D eigenvalue weighted by molar-refractivity contribution is 5.98. The van der Waals surface area contributed by atoms with Gasteiger partial charge < -0.3 is 9.72 Å². The third kappa shape index (κ3) is 3.14. The van der Waals surface area contributed by atoms with Gasteiger partial charge in [-0.25, -0.2) is 0 Å². The van der Waals surface area contributed by atoms with Crippen molar-refractivity contribution in [3.8, 4) is 11.1 Å². The van der Waals surface area contributed by atoms with Crippen molar-refractivity contribution in [3.05, 3.63) is 64.3 Å². The quantitative estimate of drug-likeness (QED) is 0.583. The summed E-state index contributed by atoms with van der Waals surface area (Å²) in [4.78, 5) is 16.7. The molecule has 6 nitrogen and oxygen atoms in total. The molecule has 25 heavy (non-hydrogen) atoms. The summed E-state index contributed by atoms with van der Waals surface area (Å²) in [5.41, 5.74) is 4.24. The smallest absolute Gasteiger partial charge is 0.270 e. The van der Waals surface area contributed by atoms with Crippen molar-refractivity contribution in [2.75, 3.05) is 26.3 Å². The number of nitrogens with one attached hydrogen (secondary N) is 1. The molecule has 0 aliphatic carbocycles. The van der Waals surface area contributed by atoms with Crippen LogP contribution in [-0.4, -0.2) is 41.1 Å². The number of non-ortho nitro benzene ring substituents is 1. The highest BCUT2D eigenvalue weighted by atomic mass is 16.6. The van der Waals surface area contributed by atoms with Crippen molar-refractivity contribution < 1.29 is 9.66 Å². The van der Waals surface area contributed by atoms with Crippen molar-refractivity contribution in [2.45, 2.75) is 6.54 Å². The lowest BCUT2D eigenvalue weighted by Crippen LogP contribution is -2.35. The average Bonchev–Trinajstić information content (AvgIpc) is 3.00. The minimum absolute atomic E-state index is 0.113. The van der Waals surface area contributed by atoms with Gasteiger partial charge in [0.2, 0.25) is 0 Å². The zero-order valence-electron chi connectivity index (χ0n) is 13.8. The lowest BCUT2D eigenvalue weighted by atomic mass is 10.0. The number of fused-ring (bicyclic) bond motifs is 1. The standard InChI is InChI=1S/C19H19N3O3/c23-22(24)15-6-7-17-16(12-15)19(14-4-2-1-3-5-14)18(20-17)13-21-8-10-25-11-9-21/h1-7,12,20H,8-11,13H2. The molecule has 0 bridgehead atoms. The molecule has 0 unspecified atom stereocenters. The molecule has 0 saturated carbocycles. The molecule has 128 valence electrons. The maximum atomic E-state index is 11.2. The number of nitro groups is 1. The SMILES string of the molecule is O=[N+]([O-])c1ccc2[nH]c(CN3CCOCC3)c(-c3ccccc3)c2c1. The molecule has 3 aromatic rings. The number of aromatic amines is 1. The first-order chi connectivity index (χ1) is 12.2. The number of ether oxygens (including phenoxy) is 1. The number of benzene rings is 2. The highest BCUT2D eigenvalue weighted by Crippen LogP contribution is 2.35. The van der Waals surface area contributed by atoms with Crippen LogP contribution in [-0.2, 0) is 11.3 Å². The predicted molar refractivity (Wildman–Crippen MR) is 96.5 cm³/mol. The van der Waals surface area contributed by atoms with Crippen LogP contribution in [0, 0.1) is 10.1 Å². The van der Waals surface area contributed by atoms with E-state index in [1.807, 2.05) is 30.3 Å². The Kier molecular flexibility index (Phi) is 4.21.